The number of allylic oxidation sites excluding steroid dienone is 1. The molecule has 0 aliphatic heterocycles. The number of hydrogen-bond acceptors (Lipinski definition) is 4. The fourth-order valence-electron chi connectivity index (χ4n) is 1.62. The van der Waals surface area contributed by atoms with Gasteiger partial charge in [0.25, 0.3) is 0 Å². The predicted octanol–water partition coefficient (Wildman–Crippen LogP) is 2.12. The third-order valence-corrected chi connectivity index (χ3v) is 2.88. The van der Waals surface area contributed by atoms with Crippen LogP contribution in [0.2, 0.25) is 0 Å². The maximum Gasteiger partial charge on any atom is 0.242 e. The fraction of sp³-hybridized carbons (Fsp3) is 0.400. The summed E-state index contributed by atoms with van der Waals surface area (Å²) in [6.07, 6.45) is 3.92. The zero-order chi connectivity index (χ0) is 15.2. The Morgan fingerprint density at radius 2 is 2.10 bits per heavy atom. The summed E-state index contributed by atoms with van der Waals surface area (Å²) < 4.78 is 11.0. The number of carbonyl (C=O) groups excluding carboxylic acids is 1. The zero-order valence-electron chi connectivity index (χ0n) is 12.4. The number of ether oxygens (including phenoxy) is 2. The Hall–Kier alpha value is -2.01. The molecule has 0 atom stereocenters. The number of carbonyl (C=O) groups is 1. The van der Waals surface area contributed by atoms with Gasteiger partial charge in [-0.05, 0) is 38.5 Å². The van der Waals surface area contributed by atoms with E-state index in [-0.39, 0.29) is 12.5 Å². The van der Waals surface area contributed by atoms with Crippen molar-refractivity contribution < 1.29 is 14.3 Å². The molecule has 0 aliphatic carbocycles. The van der Waals surface area contributed by atoms with E-state index in [0.29, 0.717) is 11.5 Å². The van der Waals surface area contributed by atoms with Crippen LogP contribution in [0.25, 0.3) is 6.08 Å². The highest BCUT2D eigenvalue weighted by atomic mass is 16.5. The van der Waals surface area contributed by atoms with Crippen molar-refractivity contribution >= 4 is 12.0 Å². The summed E-state index contributed by atoms with van der Waals surface area (Å²) in [4.78, 5) is 11.6. The van der Waals surface area contributed by atoms with Crippen LogP contribution >= 0.6 is 0 Å². The Kier molecular flexibility index (Phi) is 5.58. The molecule has 20 heavy (non-hydrogen) atoms. The maximum absolute atomic E-state index is 11.6. The minimum Gasteiger partial charge on any atom is -0.493 e. The van der Waals surface area contributed by atoms with Crippen molar-refractivity contribution in [1.82, 2.24) is 5.43 Å². The lowest BCUT2D eigenvalue weighted by Crippen LogP contribution is -2.44. The second-order valence-electron chi connectivity index (χ2n) is 5.06. The van der Waals surface area contributed by atoms with Gasteiger partial charge in [0.1, 0.15) is 6.61 Å². The smallest absolute Gasteiger partial charge is 0.242 e. The summed E-state index contributed by atoms with van der Waals surface area (Å²) in [6.45, 7) is 5.67. The summed E-state index contributed by atoms with van der Waals surface area (Å²) in [5, 5.41) is 0. The van der Waals surface area contributed by atoms with Crippen molar-refractivity contribution in [1.29, 1.82) is 0 Å². The minimum atomic E-state index is -0.720. The molecule has 0 saturated heterocycles. The van der Waals surface area contributed by atoms with Crippen LogP contribution in [-0.4, -0.2) is 19.6 Å². The van der Waals surface area contributed by atoms with E-state index in [1.54, 1.807) is 21.0 Å². The van der Waals surface area contributed by atoms with Crippen molar-refractivity contribution in [3.63, 3.8) is 0 Å². The fourth-order valence-corrected chi connectivity index (χ4v) is 1.62. The number of hydrogen-bond donors (Lipinski definition) is 2. The number of rotatable bonds is 6. The highest BCUT2D eigenvalue weighted by Gasteiger charge is 2.28. The van der Waals surface area contributed by atoms with Crippen molar-refractivity contribution in [2.24, 2.45) is 11.3 Å². The second kappa shape index (κ2) is 6.96. The van der Waals surface area contributed by atoms with Crippen LogP contribution < -0.4 is 20.7 Å². The Morgan fingerprint density at radius 3 is 2.65 bits per heavy atom. The van der Waals surface area contributed by atoms with Crippen molar-refractivity contribution in [3.05, 3.63) is 29.8 Å². The monoisotopic (exact) mass is 278 g/mol. The molecular formula is C15H22N2O3. The normalized spacial score (nSPS) is 11.4. The van der Waals surface area contributed by atoms with Gasteiger partial charge in [-0.2, -0.15) is 0 Å². The molecule has 1 aromatic rings. The summed E-state index contributed by atoms with van der Waals surface area (Å²) in [5.41, 5.74) is 2.44. The number of nitrogens with one attached hydrogen (secondary N) is 1. The van der Waals surface area contributed by atoms with Gasteiger partial charge in [0.2, 0.25) is 5.91 Å². The molecular weight excluding hydrogens is 256 g/mol. The van der Waals surface area contributed by atoms with Crippen molar-refractivity contribution in [3.8, 4) is 11.5 Å². The van der Waals surface area contributed by atoms with Crippen molar-refractivity contribution in [2.45, 2.75) is 20.8 Å². The van der Waals surface area contributed by atoms with Crippen LogP contribution in [0.15, 0.2) is 24.3 Å². The second-order valence-corrected chi connectivity index (χ2v) is 5.06. The molecule has 5 heteroatoms. The molecule has 0 radical (unpaired) electrons. The zero-order valence-corrected chi connectivity index (χ0v) is 12.4. The average molecular weight is 278 g/mol. The molecule has 1 rings (SSSR count). The summed E-state index contributed by atoms with van der Waals surface area (Å²) >= 11 is 0. The van der Waals surface area contributed by atoms with Crippen LogP contribution in [-0.2, 0) is 4.79 Å². The highest BCUT2D eigenvalue weighted by molar-refractivity contribution is 5.81. The number of nitrogens with two attached hydrogens (primary N) is 1. The SMILES string of the molecule is CC=Cc1ccc(OCC(C)(C)C(=O)NN)c(OC)c1. The van der Waals surface area contributed by atoms with Gasteiger partial charge in [-0.3, -0.25) is 10.2 Å². The molecule has 110 valence electrons. The van der Waals surface area contributed by atoms with Gasteiger partial charge in [0, 0.05) is 0 Å². The van der Waals surface area contributed by atoms with Crippen LogP contribution in [0.4, 0.5) is 0 Å². The van der Waals surface area contributed by atoms with E-state index >= 15 is 0 Å². The Balaban J connectivity index is 2.85. The van der Waals surface area contributed by atoms with E-state index < -0.39 is 5.41 Å². The molecule has 0 fully saturated rings. The molecule has 3 N–H and O–H groups in total. The highest BCUT2D eigenvalue weighted by Crippen LogP contribution is 2.30. The van der Waals surface area contributed by atoms with Gasteiger partial charge >= 0.3 is 0 Å². The molecule has 0 aliphatic rings. The number of methoxy groups -OCH3 is 1. The lowest BCUT2D eigenvalue weighted by Gasteiger charge is -2.23. The standard InChI is InChI=1S/C15H22N2O3/c1-5-6-11-7-8-12(13(9-11)19-4)20-10-15(2,3)14(18)17-16/h5-9H,10,16H2,1-4H3,(H,17,18). The van der Waals surface area contributed by atoms with Gasteiger partial charge in [0.15, 0.2) is 11.5 Å². The molecule has 1 amide bonds. The van der Waals surface area contributed by atoms with Crippen molar-refractivity contribution in [2.75, 3.05) is 13.7 Å². The molecule has 1 aromatic carbocycles. The summed E-state index contributed by atoms with van der Waals surface area (Å²) in [6, 6.07) is 5.63. The quantitative estimate of drug-likeness (QED) is 0.475. The molecule has 0 spiro atoms. The summed E-state index contributed by atoms with van der Waals surface area (Å²) in [5.74, 6) is 6.10. The molecule has 0 saturated carbocycles. The van der Waals surface area contributed by atoms with Gasteiger partial charge < -0.3 is 9.47 Å². The average Bonchev–Trinajstić information content (AvgIpc) is 2.45. The Bertz CT molecular complexity index is 496. The van der Waals surface area contributed by atoms with Gasteiger partial charge in [-0.1, -0.05) is 18.2 Å². The molecule has 5 nitrogen and oxygen atoms in total. The molecule has 0 aromatic heterocycles. The number of hydrazine groups is 1. The van der Waals surface area contributed by atoms with Gasteiger partial charge in [-0.25, -0.2) is 5.84 Å². The Morgan fingerprint density at radius 1 is 1.40 bits per heavy atom. The third-order valence-electron chi connectivity index (χ3n) is 2.88. The lowest BCUT2D eigenvalue weighted by atomic mass is 9.94. The lowest BCUT2D eigenvalue weighted by molar-refractivity contribution is -0.130. The van der Waals surface area contributed by atoms with Gasteiger partial charge in [-0.15, -0.1) is 0 Å². The van der Waals surface area contributed by atoms with E-state index in [1.807, 2.05) is 37.3 Å². The third kappa shape index (κ3) is 3.99. The van der Waals surface area contributed by atoms with Gasteiger partial charge in [0.05, 0.1) is 12.5 Å². The Labute approximate surface area is 119 Å². The number of amides is 1. The molecule has 0 bridgehead atoms. The van der Waals surface area contributed by atoms with Crippen LogP contribution in [0.1, 0.15) is 26.3 Å². The van der Waals surface area contributed by atoms with E-state index in [4.69, 9.17) is 15.3 Å². The topological polar surface area (TPSA) is 73.6 Å². The number of benzene rings is 1. The first kappa shape index (κ1) is 16.0. The van der Waals surface area contributed by atoms with Crippen LogP contribution in [0, 0.1) is 5.41 Å². The van der Waals surface area contributed by atoms with E-state index in [9.17, 15) is 4.79 Å². The van der Waals surface area contributed by atoms with E-state index in [1.165, 1.54) is 0 Å². The largest absolute Gasteiger partial charge is 0.493 e. The van der Waals surface area contributed by atoms with E-state index in [2.05, 4.69) is 5.43 Å². The first-order valence-corrected chi connectivity index (χ1v) is 6.39. The predicted molar refractivity (Wildman–Crippen MR) is 79.3 cm³/mol. The van der Waals surface area contributed by atoms with Crippen LogP contribution in [0.5, 0.6) is 11.5 Å². The first-order chi connectivity index (χ1) is 9.44. The maximum atomic E-state index is 11.6. The summed E-state index contributed by atoms with van der Waals surface area (Å²) in [7, 11) is 1.58. The molecule has 0 heterocycles. The van der Waals surface area contributed by atoms with E-state index in [0.717, 1.165) is 5.56 Å². The van der Waals surface area contributed by atoms with Crippen LogP contribution in [0.3, 0.4) is 0 Å². The minimum absolute atomic E-state index is 0.204. The first-order valence-electron chi connectivity index (χ1n) is 6.39. The molecule has 0 unspecified atom stereocenters.